The summed E-state index contributed by atoms with van der Waals surface area (Å²) >= 11 is 1.36. The first-order valence-corrected chi connectivity index (χ1v) is 21.7. The van der Waals surface area contributed by atoms with Crippen LogP contribution in [-0.2, 0) is 34.2 Å². The summed E-state index contributed by atoms with van der Waals surface area (Å²) in [6.45, 7) is 20.9. The molecular weight excluding hydrogens is 743 g/mol. The number of benzene rings is 4. The van der Waals surface area contributed by atoms with Gasteiger partial charge in [0.1, 0.15) is 0 Å². The second-order valence-electron chi connectivity index (χ2n) is 15.3. The van der Waals surface area contributed by atoms with Crippen molar-refractivity contribution in [1.29, 1.82) is 0 Å². The molecule has 2 radical (unpaired) electrons. The number of aryl methyl sites for hydroxylation is 2. The Morgan fingerprint density at radius 2 is 0.880 bits per heavy atom. The molecule has 0 saturated heterocycles. The Morgan fingerprint density at radius 1 is 0.520 bits per heavy atom. The van der Waals surface area contributed by atoms with Crippen molar-refractivity contribution < 1.29 is 23.3 Å². The number of hydrogen-bond acceptors (Lipinski definition) is 0. The Bertz CT molecular complexity index is 1730. The summed E-state index contributed by atoms with van der Waals surface area (Å²) in [7, 11) is 0. The SMILES string of the molecule is Cc1cc2c(-c3ccc(C(C)(C)C)cc3)cccc2[cH-]1.Cc1cc2c(-c3ccc(C(C)(C)C)cc3)cccc2[cH-]1.Cl.Cl.[CH-]1CCCCC1.[Si]=[Zr]. The predicted molar refractivity (Wildman–Crippen MR) is 224 cm³/mol. The molecule has 6 aromatic rings. The summed E-state index contributed by atoms with van der Waals surface area (Å²) < 4.78 is 0. The minimum absolute atomic E-state index is 0. The van der Waals surface area contributed by atoms with E-state index in [2.05, 4.69) is 178 Å². The van der Waals surface area contributed by atoms with Gasteiger partial charge in [0.15, 0.2) is 0 Å². The fourth-order valence-electron chi connectivity index (χ4n) is 6.47. The molecule has 50 heavy (non-hydrogen) atoms. The van der Waals surface area contributed by atoms with Gasteiger partial charge in [-0.3, -0.25) is 0 Å². The molecule has 1 aliphatic rings. The number of fused-ring (bicyclic) bond motifs is 2. The van der Waals surface area contributed by atoms with Gasteiger partial charge in [-0.1, -0.05) is 146 Å². The Balaban J connectivity index is 0.000000276. The van der Waals surface area contributed by atoms with Crippen LogP contribution in [0.25, 0.3) is 43.8 Å². The van der Waals surface area contributed by atoms with Crippen LogP contribution in [-0.4, -0.2) is 6.88 Å². The van der Waals surface area contributed by atoms with Crippen molar-refractivity contribution in [3.8, 4) is 22.3 Å². The predicted octanol–water partition coefficient (Wildman–Crippen LogP) is 14.3. The van der Waals surface area contributed by atoms with Crippen molar-refractivity contribution in [2.24, 2.45) is 0 Å². The van der Waals surface area contributed by atoms with Crippen molar-refractivity contribution in [2.75, 3.05) is 0 Å². The van der Waals surface area contributed by atoms with Gasteiger partial charge < -0.3 is 6.42 Å². The molecule has 0 bridgehead atoms. The van der Waals surface area contributed by atoms with E-state index in [1.54, 1.807) is 0 Å². The fourth-order valence-corrected chi connectivity index (χ4v) is 6.47. The van der Waals surface area contributed by atoms with Gasteiger partial charge in [-0.15, -0.1) is 93.9 Å². The summed E-state index contributed by atoms with van der Waals surface area (Å²) in [5.74, 6) is 0. The normalized spacial score (nSPS) is 12.5. The quantitative estimate of drug-likeness (QED) is 0.121. The van der Waals surface area contributed by atoms with E-state index in [4.69, 9.17) is 0 Å². The molecule has 0 aliphatic heterocycles. The van der Waals surface area contributed by atoms with Crippen LogP contribution in [0.5, 0.6) is 0 Å². The standard InChI is InChI=1S/2C20H21.C6H11.2ClH.Si.Zr/c2*1-14-12-16-6-5-7-18(19(16)13-14)15-8-10-17(11-9-15)20(2,3)4;1-2-4-6-5-3-1;;;;/h2*5-13H,1-4H3;1H,2-6H2;2*1H;;/q3*-1;;;;. The van der Waals surface area contributed by atoms with E-state index in [0.29, 0.717) is 0 Å². The number of hydrogen-bond donors (Lipinski definition) is 0. The van der Waals surface area contributed by atoms with Crippen molar-refractivity contribution in [2.45, 2.75) is 98.3 Å². The van der Waals surface area contributed by atoms with Crippen molar-refractivity contribution >= 4 is 53.2 Å². The van der Waals surface area contributed by atoms with Gasteiger partial charge in [-0.2, -0.15) is 25.0 Å². The summed E-state index contributed by atoms with van der Waals surface area (Å²) in [6, 6.07) is 40.2. The maximum atomic E-state index is 3.06. The maximum absolute atomic E-state index is 3.06. The second kappa shape index (κ2) is 20.1. The Kier molecular flexibility index (Phi) is 17.7. The Morgan fingerprint density at radius 3 is 1.16 bits per heavy atom. The van der Waals surface area contributed by atoms with Crippen molar-refractivity contribution in [3.63, 3.8) is 0 Å². The van der Waals surface area contributed by atoms with Crippen LogP contribution >= 0.6 is 24.8 Å². The van der Waals surface area contributed by atoms with Gasteiger partial charge in [0.05, 0.1) is 0 Å². The molecule has 1 saturated carbocycles. The van der Waals surface area contributed by atoms with Crippen LogP contribution in [0, 0.1) is 20.3 Å². The Hall–Kier alpha value is -2.22. The van der Waals surface area contributed by atoms with Gasteiger partial charge in [0, 0.05) is 0 Å². The topological polar surface area (TPSA) is 0 Å². The molecule has 0 spiro atoms. The summed E-state index contributed by atoms with van der Waals surface area (Å²) in [6.07, 6.45) is 9.50. The van der Waals surface area contributed by atoms with E-state index >= 15 is 0 Å². The molecular formula is C46H55Cl2SiZr-3. The van der Waals surface area contributed by atoms with Gasteiger partial charge in [-0.05, 0) is 33.1 Å². The summed E-state index contributed by atoms with van der Waals surface area (Å²) in [4.78, 5) is 0. The van der Waals surface area contributed by atoms with Crippen molar-refractivity contribution in [3.05, 3.63) is 138 Å². The first-order valence-electron chi connectivity index (χ1n) is 17.5. The van der Waals surface area contributed by atoms with E-state index in [0.717, 1.165) is 0 Å². The third kappa shape index (κ3) is 11.9. The number of rotatable bonds is 2. The zero-order valence-electron chi connectivity index (χ0n) is 31.3. The zero-order valence-corrected chi connectivity index (χ0v) is 36.4. The summed E-state index contributed by atoms with van der Waals surface area (Å²) in [5, 5.41) is 5.38. The van der Waals surface area contributed by atoms with Gasteiger partial charge >= 0.3 is 30.2 Å². The van der Waals surface area contributed by atoms with Crippen LogP contribution in [0.1, 0.15) is 95.9 Å². The molecule has 0 N–H and O–H groups in total. The minimum atomic E-state index is 0. The molecule has 0 unspecified atom stereocenters. The molecule has 1 fully saturated rings. The molecule has 1 aliphatic carbocycles. The third-order valence-corrected chi connectivity index (χ3v) is 9.23. The van der Waals surface area contributed by atoms with E-state index in [1.807, 2.05) is 0 Å². The Labute approximate surface area is 332 Å². The van der Waals surface area contributed by atoms with Gasteiger partial charge in [0.25, 0.3) is 0 Å². The van der Waals surface area contributed by atoms with Gasteiger partial charge in [0.2, 0.25) is 0 Å². The molecule has 4 heteroatoms. The molecule has 0 heterocycles. The van der Waals surface area contributed by atoms with Crippen LogP contribution in [0.4, 0.5) is 0 Å². The average Bonchev–Trinajstić information content (AvgIpc) is 3.67. The van der Waals surface area contributed by atoms with Crippen LogP contribution in [0.2, 0.25) is 0 Å². The molecule has 7 rings (SSSR count). The van der Waals surface area contributed by atoms with E-state index in [9.17, 15) is 0 Å². The first kappa shape index (κ1) is 43.9. The number of halogens is 2. The molecule has 0 amide bonds. The molecule has 0 aromatic heterocycles. The molecule has 0 nitrogen and oxygen atoms in total. The van der Waals surface area contributed by atoms with Crippen LogP contribution in [0.15, 0.2) is 109 Å². The van der Waals surface area contributed by atoms with Crippen molar-refractivity contribution in [1.82, 2.24) is 0 Å². The first-order chi connectivity index (χ1) is 22.9. The monoisotopic (exact) mass is 795 g/mol. The van der Waals surface area contributed by atoms with Crippen LogP contribution in [0.3, 0.4) is 0 Å². The van der Waals surface area contributed by atoms with E-state index < -0.39 is 0 Å². The van der Waals surface area contributed by atoms with Gasteiger partial charge in [-0.25, -0.2) is 0 Å². The molecule has 264 valence electrons. The zero-order chi connectivity index (χ0) is 34.9. The molecule has 0 atom stereocenters. The average molecular weight is 798 g/mol. The van der Waals surface area contributed by atoms with E-state index in [-0.39, 0.29) is 35.6 Å². The van der Waals surface area contributed by atoms with Crippen LogP contribution < -0.4 is 0 Å². The van der Waals surface area contributed by atoms with E-state index in [1.165, 1.54) is 121 Å². The summed E-state index contributed by atoms with van der Waals surface area (Å²) in [5.41, 5.74) is 11.1. The fraction of sp³-hybridized carbons (Fsp3) is 0.326. The second-order valence-corrected chi connectivity index (χ2v) is 15.3. The third-order valence-electron chi connectivity index (χ3n) is 9.23. The molecule has 6 aromatic carbocycles.